The van der Waals surface area contributed by atoms with E-state index in [2.05, 4.69) is 14.8 Å². The van der Waals surface area contributed by atoms with Crippen molar-refractivity contribution in [2.45, 2.75) is 25.9 Å². The van der Waals surface area contributed by atoms with Gasteiger partial charge in [-0.3, -0.25) is 4.90 Å². The Labute approximate surface area is 154 Å². The van der Waals surface area contributed by atoms with Gasteiger partial charge in [0.1, 0.15) is 11.6 Å². The first kappa shape index (κ1) is 17.2. The van der Waals surface area contributed by atoms with Crippen LogP contribution in [0.1, 0.15) is 18.5 Å². The molecule has 1 aromatic heterocycles. The van der Waals surface area contributed by atoms with E-state index >= 15 is 0 Å². The number of aromatic hydroxyl groups is 1. The third kappa shape index (κ3) is 3.81. The van der Waals surface area contributed by atoms with Crippen molar-refractivity contribution in [1.82, 2.24) is 14.9 Å². The van der Waals surface area contributed by atoms with Crippen molar-refractivity contribution >= 4 is 5.82 Å². The van der Waals surface area contributed by atoms with Gasteiger partial charge in [0.25, 0.3) is 0 Å². The van der Waals surface area contributed by atoms with Gasteiger partial charge in [0.15, 0.2) is 5.82 Å². The van der Waals surface area contributed by atoms with Crippen LogP contribution in [-0.2, 0) is 4.74 Å². The van der Waals surface area contributed by atoms with Crippen LogP contribution in [0.4, 0.5) is 5.82 Å². The summed E-state index contributed by atoms with van der Waals surface area (Å²) in [6.45, 7) is 7.87. The van der Waals surface area contributed by atoms with Crippen molar-refractivity contribution in [1.29, 1.82) is 0 Å². The van der Waals surface area contributed by atoms with Crippen LogP contribution in [-0.4, -0.2) is 65.4 Å². The van der Waals surface area contributed by atoms with Gasteiger partial charge in [0, 0.05) is 51.1 Å². The zero-order chi connectivity index (χ0) is 17.9. The van der Waals surface area contributed by atoms with Crippen LogP contribution < -0.4 is 4.90 Å². The van der Waals surface area contributed by atoms with Crippen LogP contribution >= 0.6 is 0 Å². The van der Waals surface area contributed by atoms with E-state index in [1.165, 1.54) is 12.8 Å². The molecule has 1 aromatic carbocycles. The summed E-state index contributed by atoms with van der Waals surface area (Å²) in [4.78, 5) is 14.0. The molecular weight excluding hydrogens is 328 g/mol. The van der Waals surface area contributed by atoms with Crippen LogP contribution in [0.25, 0.3) is 11.4 Å². The maximum absolute atomic E-state index is 10.1. The highest BCUT2D eigenvalue weighted by Crippen LogP contribution is 2.28. The lowest BCUT2D eigenvalue weighted by Crippen LogP contribution is -2.48. The molecule has 2 aliphatic heterocycles. The van der Waals surface area contributed by atoms with E-state index in [-0.39, 0.29) is 5.75 Å². The molecule has 0 spiro atoms. The zero-order valence-electron chi connectivity index (χ0n) is 15.3. The summed E-state index contributed by atoms with van der Waals surface area (Å²) >= 11 is 0. The van der Waals surface area contributed by atoms with Crippen molar-refractivity contribution in [3.8, 4) is 17.1 Å². The van der Waals surface area contributed by atoms with Gasteiger partial charge < -0.3 is 14.7 Å². The summed E-state index contributed by atoms with van der Waals surface area (Å²) < 4.78 is 5.76. The lowest BCUT2D eigenvalue weighted by molar-refractivity contribution is 0.0712. The second-order valence-corrected chi connectivity index (χ2v) is 7.13. The molecule has 0 saturated carbocycles. The predicted octanol–water partition coefficient (Wildman–Crippen LogP) is 2.46. The third-order valence-electron chi connectivity index (χ3n) is 5.17. The van der Waals surface area contributed by atoms with Crippen molar-refractivity contribution in [3.05, 3.63) is 36.0 Å². The summed E-state index contributed by atoms with van der Waals surface area (Å²) in [5.74, 6) is 1.73. The fourth-order valence-electron chi connectivity index (χ4n) is 3.73. The smallest absolute Gasteiger partial charge is 0.165 e. The SMILES string of the molecule is Cc1cc(N2CCN(CC3CCCO3)CC2)nc(-c2ccccc2O)n1. The molecule has 0 amide bonds. The van der Waals surface area contributed by atoms with E-state index in [1.54, 1.807) is 6.07 Å². The monoisotopic (exact) mass is 354 g/mol. The topological polar surface area (TPSA) is 61.7 Å². The minimum Gasteiger partial charge on any atom is -0.507 e. The number of rotatable bonds is 4. The fraction of sp³-hybridized carbons (Fsp3) is 0.500. The van der Waals surface area contributed by atoms with Gasteiger partial charge in [-0.05, 0) is 31.9 Å². The number of ether oxygens (including phenoxy) is 1. The van der Waals surface area contributed by atoms with Gasteiger partial charge in [-0.25, -0.2) is 9.97 Å². The van der Waals surface area contributed by atoms with Gasteiger partial charge in [0.05, 0.1) is 11.7 Å². The van der Waals surface area contributed by atoms with E-state index in [1.807, 2.05) is 31.2 Å². The van der Waals surface area contributed by atoms with Crippen LogP contribution in [0, 0.1) is 6.92 Å². The molecule has 1 unspecified atom stereocenters. The van der Waals surface area contributed by atoms with Crippen LogP contribution in [0.2, 0.25) is 0 Å². The van der Waals surface area contributed by atoms with Crippen molar-refractivity contribution in [2.24, 2.45) is 0 Å². The molecular formula is C20H26N4O2. The van der Waals surface area contributed by atoms with Gasteiger partial charge in [-0.2, -0.15) is 0 Å². The second-order valence-electron chi connectivity index (χ2n) is 7.13. The fourth-order valence-corrected chi connectivity index (χ4v) is 3.73. The molecule has 6 nitrogen and oxygen atoms in total. The van der Waals surface area contributed by atoms with Crippen LogP contribution in [0.5, 0.6) is 5.75 Å². The number of aryl methyl sites for hydroxylation is 1. The lowest BCUT2D eigenvalue weighted by atomic mass is 10.2. The molecule has 1 N–H and O–H groups in total. The zero-order valence-corrected chi connectivity index (χ0v) is 15.3. The van der Waals surface area contributed by atoms with E-state index < -0.39 is 0 Å². The molecule has 138 valence electrons. The number of anilines is 1. The summed E-state index contributed by atoms with van der Waals surface area (Å²) in [7, 11) is 0. The number of piperazine rings is 1. The van der Waals surface area contributed by atoms with Crippen molar-refractivity contribution < 1.29 is 9.84 Å². The van der Waals surface area contributed by atoms with E-state index in [9.17, 15) is 5.11 Å². The van der Waals surface area contributed by atoms with Crippen LogP contribution in [0.3, 0.4) is 0 Å². The standard InChI is InChI=1S/C20H26N4O2/c1-15-13-19(22-20(21-15)17-6-2-3-7-18(17)25)24-10-8-23(9-11-24)14-16-5-4-12-26-16/h2-3,6-7,13,16,25H,4-5,8-12,14H2,1H3. The molecule has 2 saturated heterocycles. The molecule has 0 radical (unpaired) electrons. The Hall–Kier alpha value is -2.18. The maximum Gasteiger partial charge on any atom is 0.165 e. The first-order chi connectivity index (χ1) is 12.7. The second kappa shape index (κ2) is 7.60. The van der Waals surface area contributed by atoms with Crippen molar-refractivity contribution in [3.63, 3.8) is 0 Å². The maximum atomic E-state index is 10.1. The van der Waals surface area contributed by atoms with Gasteiger partial charge in [-0.15, -0.1) is 0 Å². The molecule has 6 heteroatoms. The Morgan fingerprint density at radius 1 is 1.15 bits per heavy atom. The predicted molar refractivity (Wildman–Crippen MR) is 101 cm³/mol. The average Bonchev–Trinajstić information content (AvgIpc) is 3.15. The Morgan fingerprint density at radius 2 is 1.96 bits per heavy atom. The number of phenols is 1. The molecule has 0 aliphatic carbocycles. The number of benzene rings is 1. The number of hydrogen-bond donors (Lipinski definition) is 1. The highest BCUT2D eigenvalue weighted by Gasteiger charge is 2.24. The largest absolute Gasteiger partial charge is 0.507 e. The van der Waals surface area contributed by atoms with E-state index in [4.69, 9.17) is 9.72 Å². The van der Waals surface area contributed by atoms with Gasteiger partial charge >= 0.3 is 0 Å². The third-order valence-corrected chi connectivity index (χ3v) is 5.17. The average molecular weight is 354 g/mol. The molecule has 1 atom stereocenters. The molecule has 2 aliphatic rings. The summed E-state index contributed by atoms with van der Waals surface area (Å²) in [6, 6.07) is 9.25. The minimum atomic E-state index is 0.213. The Balaban J connectivity index is 1.46. The minimum absolute atomic E-state index is 0.213. The van der Waals surface area contributed by atoms with Crippen molar-refractivity contribution in [2.75, 3.05) is 44.2 Å². The quantitative estimate of drug-likeness (QED) is 0.910. The number of para-hydroxylation sites is 1. The van der Waals surface area contributed by atoms with E-state index in [0.717, 1.165) is 50.8 Å². The van der Waals surface area contributed by atoms with E-state index in [0.29, 0.717) is 17.5 Å². The molecule has 3 heterocycles. The van der Waals surface area contributed by atoms with Gasteiger partial charge in [-0.1, -0.05) is 12.1 Å². The molecule has 0 bridgehead atoms. The highest BCUT2D eigenvalue weighted by molar-refractivity contribution is 5.65. The summed E-state index contributed by atoms with van der Waals surface area (Å²) in [5, 5.41) is 10.1. The Bertz CT molecular complexity index is 753. The number of phenolic OH excluding ortho intramolecular Hbond substituents is 1. The number of aromatic nitrogens is 2. The first-order valence-electron chi connectivity index (χ1n) is 9.42. The molecule has 2 aromatic rings. The first-order valence-corrected chi connectivity index (χ1v) is 9.42. The summed E-state index contributed by atoms with van der Waals surface area (Å²) in [6.07, 6.45) is 2.80. The lowest BCUT2D eigenvalue weighted by Gasteiger charge is -2.36. The number of hydrogen-bond acceptors (Lipinski definition) is 6. The molecule has 26 heavy (non-hydrogen) atoms. The molecule has 4 rings (SSSR count). The molecule has 2 fully saturated rings. The highest BCUT2D eigenvalue weighted by atomic mass is 16.5. The Morgan fingerprint density at radius 3 is 2.69 bits per heavy atom. The normalized spacial score (nSPS) is 21.3. The Kier molecular flexibility index (Phi) is 5.04. The number of nitrogens with zero attached hydrogens (tertiary/aromatic N) is 4. The summed E-state index contributed by atoms with van der Waals surface area (Å²) in [5.41, 5.74) is 1.59. The van der Waals surface area contributed by atoms with Gasteiger partial charge in [0.2, 0.25) is 0 Å². The van der Waals surface area contributed by atoms with Crippen LogP contribution in [0.15, 0.2) is 30.3 Å².